The molecule has 0 bridgehead atoms. The van der Waals surface area contributed by atoms with Crippen LogP contribution in [-0.4, -0.2) is 25.0 Å². The minimum atomic E-state index is -0.469. The van der Waals surface area contributed by atoms with Gasteiger partial charge in [-0.05, 0) is 28.7 Å². The molecule has 2 aromatic carbocycles. The van der Waals surface area contributed by atoms with Gasteiger partial charge in [0.25, 0.3) is 0 Å². The summed E-state index contributed by atoms with van der Waals surface area (Å²) in [5.74, 6) is 0.264. The smallest absolute Gasteiger partial charge is 0.407 e. The topological polar surface area (TPSA) is 55.4 Å². The number of ether oxygens (including phenoxy) is 1. The number of carbonyl (C=O) groups is 2. The molecule has 0 saturated carbocycles. The van der Waals surface area contributed by atoms with E-state index in [-0.39, 0.29) is 17.6 Å². The molecule has 4 heteroatoms. The van der Waals surface area contributed by atoms with Gasteiger partial charge >= 0.3 is 6.09 Å². The molecular formula is C22H25NO3. The van der Waals surface area contributed by atoms with Crippen molar-refractivity contribution in [1.29, 1.82) is 0 Å². The van der Waals surface area contributed by atoms with Crippen LogP contribution in [-0.2, 0) is 9.53 Å². The van der Waals surface area contributed by atoms with E-state index in [9.17, 15) is 9.59 Å². The molecule has 4 nitrogen and oxygen atoms in total. The zero-order valence-corrected chi connectivity index (χ0v) is 15.3. The normalized spacial score (nSPS) is 13.6. The molecule has 1 N–H and O–H groups in total. The number of ketones is 1. The van der Waals surface area contributed by atoms with Gasteiger partial charge in [-0.25, -0.2) is 4.79 Å². The lowest BCUT2D eigenvalue weighted by molar-refractivity contribution is -0.122. The second-order valence-electron chi connectivity index (χ2n) is 6.78. The molecular weight excluding hydrogens is 326 g/mol. The van der Waals surface area contributed by atoms with Gasteiger partial charge < -0.3 is 10.1 Å². The molecule has 0 aromatic heterocycles. The van der Waals surface area contributed by atoms with E-state index >= 15 is 0 Å². The van der Waals surface area contributed by atoms with Gasteiger partial charge in [0, 0.05) is 24.8 Å². The van der Waals surface area contributed by atoms with Gasteiger partial charge in [-0.2, -0.15) is 0 Å². The van der Waals surface area contributed by atoms with Crippen LogP contribution in [0.2, 0.25) is 0 Å². The zero-order chi connectivity index (χ0) is 18.5. The number of amides is 1. The molecule has 1 unspecified atom stereocenters. The average Bonchev–Trinajstić information content (AvgIpc) is 2.99. The molecule has 1 amide bonds. The summed E-state index contributed by atoms with van der Waals surface area (Å²) < 4.78 is 5.45. The number of fused-ring (bicyclic) bond motifs is 3. The molecule has 0 fully saturated rings. The van der Waals surface area contributed by atoms with Gasteiger partial charge in [0.05, 0.1) is 0 Å². The van der Waals surface area contributed by atoms with Gasteiger partial charge in [0.2, 0.25) is 0 Å². The predicted molar refractivity (Wildman–Crippen MR) is 102 cm³/mol. The maximum absolute atomic E-state index is 12.0. The Morgan fingerprint density at radius 1 is 1.04 bits per heavy atom. The maximum atomic E-state index is 12.0. The van der Waals surface area contributed by atoms with Crippen molar-refractivity contribution in [1.82, 2.24) is 5.32 Å². The van der Waals surface area contributed by atoms with E-state index in [1.807, 2.05) is 38.1 Å². The average molecular weight is 351 g/mol. The zero-order valence-electron chi connectivity index (χ0n) is 15.3. The summed E-state index contributed by atoms with van der Waals surface area (Å²) in [6.45, 7) is 4.51. The van der Waals surface area contributed by atoms with Crippen LogP contribution in [0, 0.1) is 5.92 Å². The third-order valence-corrected chi connectivity index (χ3v) is 5.15. The Morgan fingerprint density at radius 2 is 1.62 bits per heavy atom. The van der Waals surface area contributed by atoms with E-state index < -0.39 is 6.09 Å². The molecule has 136 valence electrons. The summed E-state index contributed by atoms with van der Waals surface area (Å²) in [4.78, 5) is 23.8. The minimum Gasteiger partial charge on any atom is -0.449 e. The van der Waals surface area contributed by atoms with Crippen LogP contribution in [0.4, 0.5) is 4.79 Å². The fraction of sp³-hybridized carbons (Fsp3) is 0.364. The minimum absolute atomic E-state index is 0.0410. The third kappa shape index (κ3) is 3.79. The number of hydrogen-bond acceptors (Lipinski definition) is 3. The van der Waals surface area contributed by atoms with Crippen LogP contribution in [0.3, 0.4) is 0 Å². The first kappa shape index (κ1) is 18.2. The number of alkyl carbamates (subject to hydrolysis) is 1. The highest BCUT2D eigenvalue weighted by molar-refractivity contribution is 5.81. The van der Waals surface area contributed by atoms with Crippen LogP contribution >= 0.6 is 0 Å². The largest absolute Gasteiger partial charge is 0.449 e. The van der Waals surface area contributed by atoms with Crippen LogP contribution in [0.1, 0.15) is 43.7 Å². The highest BCUT2D eigenvalue weighted by Crippen LogP contribution is 2.44. The van der Waals surface area contributed by atoms with E-state index in [0.29, 0.717) is 19.6 Å². The van der Waals surface area contributed by atoms with Crippen LogP contribution < -0.4 is 5.32 Å². The summed E-state index contributed by atoms with van der Waals surface area (Å²) in [6.07, 6.45) is 0.701. The first-order valence-corrected chi connectivity index (χ1v) is 9.23. The molecule has 2 aromatic rings. The number of hydrogen-bond donors (Lipinski definition) is 1. The van der Waals surface area contributed by atoms with Gasteiger partial charge in [0.15, 0.2) is 0 Å². The Bertz CT molecular complexity index is 754. The number of Topliss-reactive ketones (excluding diaryl/α,β-unsaturated/α-hetero) is 1. The Kier molecular flexibility index (Phi) is 5.71. The van der Waals surface area contributed by atoms with Crippen LogP contribution in [0.5, 0.6) is 0 Å². The molecule has 0 radical (unpaired) electrons. The lowest BCUT2D eigenvalue weighted by atomic mass is 9.98. The van der Waals surface area contributed by atoms with Crippen molar-refractivity contribution in [2.45, 2.75) is 32.6 Å². The third-order valence-electron chi connectivity index (χ3n) is 5.15. The fourth-order valence-electron chi connectivity index (χ4n) is 3.41. The van der Waals surface area contributed by atoms with Crippen molar-refractivity contribution in [3.05, 3.63) is 59.7 Å². The molecule has 1 atom stereocenters. The SMILES string of the molecule is CCC(C)C(=O)CCNC(=O)OCC1c2ccccc2-c2ccccc21. The number of benzene rings is 2. The molecule has 1 aliphatic rings. The number of rotatable bonds is 7. The summed E-state index contributed by atoms with van der Waals surface area (Å²) in [5.41, 5.74) is 4.79. The highest BCUT2D eigenvalue weighted by atomic mass is 16.5. The number of nitrogens with one attached hydrogen (secondary N) is 1. The summed E-state index contributed by atoms with van der Waals surface area (Å²) in [7, 11) is 0. The number of carbonyl (C=O) groups excluding carboxylic acids is 2. The molecule has 1 aliphatic carbocycles. The Hall–Kier alpha value is -2.62. The van der Waals surface area contributed by atoms with Crippen LogP contribution in [0.15, 0.2) is 48.5 Å². The van der Waals surface area contributed by atoms with Crippen molar-refractivity contribution >= 4 is 11.9 Å². The van der Waals surface area contributed by atoms with Crippen molar-refractivity contribution in [2.24, 2.45) is 5.92 Å². The lowest BCUT2D eigenvalue weighted by Crippen LogP contribution is -2.29. The maximum Gasteiger partial charge on any atom is 0.407 e. The summed E-state index contributed by atoms with van der Waals surface area (Å²) >= 11 is 0. The van der Waals surface area contributed by atoms with Crippen molar-refractivity contribution in [2.75, 3.05) is 13.2 Å². The van der Waals surface area contributed by atoms with Crippen LogP contribution in [0.25, 0.3) is 11.1 Å². The predicted octanol–water partition coefficient (Wildman–Crippen LogP) is 4.53. The van der Waals surface area contributed by atoms with E-state index in [4.69, 9.17) is 4.74 Å². The van der Waals surface area contributed by atoms with Gasteiger partial charge in [-0.15, -0.1) is 0 Å². The molecule has 0 aliphatic heterocycles. The molecule has 0 saturated heterocycles. The first-order valence-electron chi connectivity index (χ1n) is 9.23. The van der Waals surface area contributed by atoms with Crippen molar-refractivity contribution in [3.63, 3.8) is 0 Å². The summed E-state index contributed by atoms with van der Waals surface area (Å²) in [5, 5.41) is 2.68. The first-order chi connectivity index (χ1) is 12.6. The fourth-order valence-corrected chi connectivity index (χ4v) is 3.41. The lowest BCUT2D eigenvalue weighted by Gasteiger charge is -2.14. The van der Waals surface area contributed by atoms with Crippen molar-refractivity contribution < 1.29 is 14.3 Å². The van der Waals surface area contributed by atoms with Gasteiger partial charge in [-0.3, -0.25) is 4.79 Å². The molecule has 3 rings (SSSR count). The van der Waals surface area contributed by atoms with E-state index in [1.165, 1.54) is 22.3 Å². The van der Waals surface area contributed by atoms with E-state index in [2.05, 4.69) is 29.6 Å². The van der Waals surface area contributed by atoms with Crippen molar-refractivity contribution in [3.8, 4) is 11.1 Å². The Labute approximate surface area is 154 Å². The van der Waals surface area contributed by atoms with E-state index in [0.717, 1.165) is 6.42 Å². The molecule has 0 heterocycles. The second kappa shape index (κ2) is 8.17. The molecule has 0 spiro atoms. The van der Waals surface area contributed by atoms with Gasteiger partial charge in [0.1, 0.15) is 12.4 Å². The van der Waals surface area contributed by atoms with Gasteiger partial charge in [-0.1, -0.05) is 62.4 Å². The Balaban J connectivity index is 1.57. The quantitative estimate of drug-likeness (QED) is 0.797. The molecule has 26 heavy (non-hydrogen) atoms. The Morgan fingerprint density at radius 3 is 2.19 bits per heavy atom. The van der Waals surface area contributed by atoms with E-state index in [1.54, 1.807) is 0 Å². The monoisotopic (exact) mass is 351 g/mol. The summed E-state index contributed by atoms with van der Waals surface area (Å²) in [6, 6.07) is 16.5. The highest BCUT2D eigenvalue weighted by Gasteiger charge is 2.28. The second-order valence-corrected chi connectivity index (χ2v) is 6.78. The standard InChI is InChI=1S/C22H25NO3/c1-3-15(2)21(24)12-13-23-22(25)26-14-20-18-10-6-4-8-16(18)17-9-5-7-11-19(17)20/h4-11,15,20H,3,12-14H2,1-2H3,(H,23,25).